The minimum absolute atomic E-state index is 0.124. The lowest BCUT2D eigenvalue weighted by Crippen LogP contribution is -2.28. The molecule has 0 unspecified atom stereocenters. The monoisotopic (exact) mass is 536 g/mol. The first-order valence-corrected chi connectivity index (χ1v) is 12.5. The zero-order valence-electron chi connectivity index (χ0n) is 18.5. The summed E-state index contributed by atoms with van der Waals surface area (Å²) in [5.74, 6) is 0.370. The van der Waals surface area contributed by atoms with Gasteiger partial charge in [0.25, 0.3) is 11.5 Å². The van der Waals surface area contributed by atoms with Crippen molar-refractivity contribution in [3.05, 3.63) is 91.8 Å². The van der Waals surface area contributed by atoms with Gasteiger partial charge in [-0.05, 0) is 37.1 Å². The Morgan fingerprint density at radius 3 is 2.59 bits per heavy atom. The second kappa shape index (κ2) is 9.19. The fraction of sp³-hybridized carbons (Fsp3) is 0.208. The molecule has 0 spiro atoms. The molecule has 1 amide bonds. The van der Waals surface area contributed by atoms with Crippen LogP contribution in [0.3, 0.4) is 0 Å². The molecule has 1 aliphatic rings. The van der Waals surface area contributed by atoms with Crippen LogP contribution in [0.4, 0.5) is 0 Å². The molecule has 2 aromatic heterocycles. The Balaban J connectivity index is 1.42. The molecule has 8 nitrogen and oxygen atoms in total. The maximum Gasteiger partial charge on any atom is 0.253 e. The Labute approximate surface area is 208 Å². The number of carbonyl (C=O) groups is 1. The topological polar surface area (TPSA) is 95.7 Å². The molecule has 4 aromatic rings. The number of hydrogen-bond donors (Lipinski definition) is 1. The average Bonchev–Trinajstić information content (AvgIpc) is 3.43. The van der Waals surface area contributed by atoms with Gasteiger partial charge >= 0.3 is 0 Å². The maximum absolute atomic E-state index is 13.4. The third kappa shape index (κ3) is 4.43. The zero-order valence-corrected chi connectivity index (χ0v) is 20.9. The number of aromatic nitrogens is 4. The molecule has 10 heteroatoms. The lowest BCUT2D eigenvalue weighted by atomic mass is 9.98. The quantitative estimate of drug-likeness (QED) is 0.384. The maximum atomic E-state index is 13.4. The molecule has 0 saturated carbocycles. The fourth-order valence-corrected chi connectivity index (χ4v) is 5.07. The summed E-state index contributed by atoms with van der Waals surface area (Å²) in [6.07, 6.45) is 0.634. The minimum Gasteiger partial charge on any atom is -0.291 e. The van der Waals surface area contributed by atoms with Crippen LogP contribution in [-0.2, 0) is 4.79 Å². The third-order valence-electron chi connectivity index (χ3n) is 5.69. The van der Waals surface area contributed by atoms with Crippen LogP contribution in [0.25, 0.3) is 5.78 Å². The van der Waals surface area contributed by atoms with E-state index in [1.807, 2.05) is 31.2 Å². The molecule has 0 bridgehead atoms. The van der Waals surface area contributed by atoms with Gasteiger partial charge in [-0.3, -0.25) is 19.0 Å². The van der Waals surface area contributed by atoms with Gasteiger partial charge in [-0.2, -0.15) is 5.10 Å². The standard InChI is InChI=1S/C24H21BrN6O2S/c1-14-3-5-17(6-4-14)20-12-19(16-7-9-18(25)10-8-16)29-31(20)22(33)13-34-24-28-27-23-26-21(32)11-15(2)30(23)24/h3-11,20H,12-13H2,1-2H3,(H,26,27,32)/t20-/m0/s1. The molecular weight excluding hydrogens is 516 g/mol. The first kappa shape index (κ1) is 22.5. The van der Waals surface area contributed by atoms with E-state index >= 15 is 0 Å². The number of H-pyrrole nitrogens is 1. The first-order valence-electron chi connectivity index (χ1n) is 10.7. The van der Waals surface area contributed by atoms with Crippen LogP contribution in [-0.4, -0.2) is 42.0 Å². The van der Waals surface area contributed by atoms with Gasteiger partial charge in [0.2, 0.25) is 5.78 Å². The van der Waals surface area contributed by atoms with Crippen LogP contribution in [0.15, 0.2) is 74.1 Å². The van der Waals surface area contributed by atoms with Crippen LogP contribution in [0.1, 0.15) is 34.8 Å². The number of rotatable bonds is 5. The summed E-state index contributed by atoms with van der Waals surface area (Å²) in [5, 5.41) is 15.0. The molecule has 1 N–H and O–H groups in total. The molecule has 172 valence electrons. The van der Waals surface area contributed by atoms with E-state index in [2.05, 4.69) is 55.4 Å². The molecule has 1 atom stereocenters. The van der Waals surface area contributed by atoms with Crippen molar-refractivity contribution in [2.24, 2.45) is 5.10 Å². The Morgan fingerprint density at radius 2 is 1.85 bits per heavy atom. The summed E-state index contributed by atoms with van der Waals surface area (Å²) in [4.78, 5) is 27.7. The highest BCUT2D eigenvalue weighted by molar-refractivity contribution is 9.10. The van der Waals surface area contributed by atoms with Crippen molar-refractivity contribution in [2.45, 2.75) is 31.5 Å². The molecule has 3 heterocycles. The van der Waals surface area contributed by atoms with Crippen LogP contribution in [0, 0.1) is 13.8 Å². The number of nitrogens with one attached hydrogen (secondary N) is 1. The molecule has 0 saturated heterocycles. The van der Waals surface area contributed by atoms with Crippen molar-refractivity contribution >= 4 is 45.1 Å². The number of hydrazone groups is 1. The summed E-state index contributed by atoms with van der Waals surface area (Å²) in [6, 6.07) is 17.5. The summed E-state index contributed by atoms with van der Waals surface area (Å²) >= 11 is 4.74. The Kier molecular flexibility index (Phi) is 6.09. The highest BCUT2D eigenvalue weighted by atomic mass is 79.9. The van der Waals surface area contributed by atoms with E-state index in [1.54, 1.807) is 16.3 Å². The van der Waals surface area contributed by atoms with Gasteiger partial charge in [-0.25, -0.2) is 5.01 Å². The van der Waals surface area contributed by atoms with E-state index in [0.717, 1.165) is 26.9 Å². The predicted molar refractivity (Wildman–Crippen MR) is 135 cm³/mol. The van der Waals surface area contributed by atoms with Crippen molar-refractivity contribution in [3.8, 4) is 0 Å². The van der Waals surface area contributed by atoms with E-state index in [9.17, 15) is 9.59 Å². The highest BCUT2D eigenvalue weighted by Crippen LogP contribution is 2.34. The molecule has 5 rings (SSSR count). The molecule has 0 radical (unpaired) electrons. The number of amides is 1. The van der Waals surface area contributed by atoms with Gasteiger partial charge in [0.1, 0.15) is 0 Å². The van der Waals surface area contributed by atoms with Crippen LogP contribution in [0.5, 0.6) is 0 Å². The van der Waals surface area contributed by atoms with Gasteiger partial charge in [-0.15, -0.1) is 10.2 Å². The van der Waals surface area contributed by atoms with Crippen molar-refractivity contribution in [3.63, 3.8) is 0 Å². The largest absolute Gasteiger partial charge is 0.291 e. The van der Waals surface area contributed by atoms with Gasteiger partial charge in [0.15, 0.2) is 5.16 Å². The smallest absolute Gasteiger partial charge is 0.253 e. The lowest BCUT2D eigenvalue weighted by molar-refractivity contribution is -0.130. The molecule has 1 aliphatic heterocycles. The fourth-order valence-electron chi connectivity index (χ4n) is 3.96. The van der Waals surface area contributed by atoms with Crippen molar-refractivity contribution in [2.75, 3.05) is 5.75 Å². The number of hydrogen-bond acceptors (Lipinski definition) is 6. The number of aromatic amines is 1. The van der Waals surface area contributed by atoms with Crippen molar-refractivity contribution < 1.29 is 4.79 Å². The molecule has 2 aromatic carbocycles. The van der Waals surface area contributed by atoms with Crippen molar-refractivity contribution in [1.82, 2.24) is 24.6 Å². The Hall–Kier alpha value is -3.24. The molecule has 34 heavy (non-hydrogen) atoms. The first-order chi connectivity index (χ1) is 16.4. The van der Waals surface area contributed by atoms with Gasteiger partial charge in [-0.1, -0.05) is 69.7 Å². The Bertz CT molecular complexity index is 1460. The second-order valence-electron chi connectivity index (χ2n) is 8.13. The number of nitrogens with zero attached hydrogens (tertiary/aromatic N) is 5. The average molecular weight is 537 g/mol. The van der Waals surface area contributed by atoms with E-state index in [1.165, 1.54) is 17.8 Å². The van der Waals surface area contributed by atoms with Crippen molar-refractivity contribution in [1.29, 1.82) is 0 Å². The summed E-state index contributed by atoms with van der Waals surface area (Å²) in [7, 11) is 0. The molecular formula is C24H21BrN6O2S. The Morgan fingerprint density at radius 1 is 1.12 bits per heavy atom. The minimum atomic E-state index is -0.238. The number of halogens is 1. The van der Waals surface area contributed by atoms with E-state index in [-0.39, 0.29) is 23.3 Å². The van der Waals surface area contributed by atoms with Gasteiger partial charge < -0.3 is 0 Å². The zero-order chi connectivity index (χ0) is 23.8. The van der Waals surface area contributed by atoms with Crippen LogP contribution < -0.4 is 5.56 Å². The summed E-state index contributed by atoms with van der Waals surface area (Å²) in [5.41, 5.74) is 4.53. The van der Waals surface area contributed by atoms with Gasteiger partial charge in [0, 0.05) is 22.7 Å². The normalized spacial score (nSPS) is 15.7. The number of thioether (sulfide) groups is 1. The lowest BCUT2D eigenvalue weighted by Gasteiger charge is -2.22. The summed E-state index contributed by atoms with van der Waals surface area (Å²) < 4.78 is 2.73. The third-order valence-corrected chi connectivity index (χ3v) is 7.13. The molecule has 0 fully saturated rings. The number of fused-ring (bicyclic) bond motifs is 1. The highest BCUT2D eigenvalue weighted by Gasteiger charge is 2.33. The number of carbonyl (C=O) groups excluding carboxylic acids is 1. The van der Waals surface area contributed by atoms with E-state index < -0.39 is 0 Å². The SMILES string of the molecule is Cc1ccc([C@@H]2CC(c3ccc(Br)cc3)=NN2C(=O)CSc2nnc3[nH]c(=O)cc(C)n23)cc1. The van der Waals surface area contributed by atoms with E-state index in [0.29, 0.717) is 23.0 Å². The van der Waals surface area contributed by atoms with E-state index in [4.69, 9.17) is 5.10 Å². The predicted octanol–water partition coefficient (Wildman–Crippen LogP) is 4.27. The van der Waals surface area contributed by atoms with Gasteiger partial charge in [0.05, 0.1) is 17.5 Å². The number of aryl methyl sites for hydroxylation is 2. The van der Waals surface area contributed by atoms with Crippen LogP contribution >= 0.6 is 27.7 Å². The molecule has 0 aliphatic carbocycles. The van der Waals surface area contributed by atoms with Crippen LogP contribution in [0.2, 0.25) is 0 Å². The summed E-state index contributed by atoms with van der Waals surface area (Å²) in [6.45, 7) is 3.85. The second-order valence-corrected chi connectivity index (χ2v) is 9.99. The number of benzene rings is 2.